The Kier molecular flexibility index (Phi) is 102. The molecule has 150 heavy (non-hydrogen) atoms. The number of esters is 1. The van der Waals surface area contributed by atoms with Crippen molar-refractivity contribution < 1.29 is 31.5 Å². The number of aromatic nitrogens is 2. The number of halogens is 5. The lowest BCUT2D eigenvalue weighted by Crippen LogP contribution is -2.57. The quantitative estimate of drug-likeness (QED) is 0.0812. The molecule has 0 aromatic carbocycles. The van der Waals surface area contributed by atoms with Crippen LogP contribution in [0, 0.1) is 23.7 Å². The molecule has 0 radical (unpaired) electrons. The smallest absolute Gasteiger partial charge is 0.401 e. The maximum absolute atomic E-state index is 12.8. The van der Waals surface area contributed by atoms with Crippen LogP contribution in [0.3, 0.4) is 0 Å². The molecule has 0 spiro atoms. The number of carbonyl (C=O) groups is 1. The van der Waals surface area contributed by atoms with Crippen LogP contribution in [-0.4, -0.2) is 416 Å². The normalized spacial score (nSPS) is 25.2. The predicted octanol–water partition coefficient (Wildman–Crippen LogP) is 28.6. The van der Waals surface area contributed by atoms with E-state index in [-0.39, 0.29) is 17.6 Å². The minimum absolute atomic E-state index is 0.0553. The Bertz CT molecular complexity index is 2970. The van der Waals surface area contributed by atoms with Gasteiger partial charge in [0.25, 0.3) is 0 Å². The summed E-state index contributed by atoms with van der Waals surface area (Å²) in [5, 5.41) is 0. The molecule has 11 rings (SSSR count). The first-order valence-electron chi connectivity index (χ1n) is 62.5. The van der Waals surface area contributed by atoms with E-state index in [9.17, 15) is 26.7 Å². The summed E-state index contributed by atoms with van der Waals surface area (Å²) in [6, 6.07) is 14.8. The molecule has 10 saturated heterocycles. The highest BCUT2D eigenvalue weighted by Crippen LogP contribution is 2.31. The maximum Gasteiger partial charge on any atom is 0.401 e. The Hall–Kier alpha value is -2.44. The third-order valence-corrected chi connectivity index (χ3v) is 28.9. The summed E-state index contributed by atoms with van der Waals surface area (Å²) in [6.07, 6.45) is 5.43. The predicted molar refractivity (Wildman–Crippen MR) is 658 cm³/mol. The number of carbonyl (C=O) groups excluding carboxylic acids is 1. The zero-order chi connectivity index (χ0) is 119. The van der Waals surface area contributed by atoms with Gasteiger partial charge in [-0.05, 0) is 317 Å². The molecule has 0 bridgehead atoms. The minimum Gasteiger partial charge on any atom is -0.460 e. The van der Waals surface area contributed by atoms with Crippen molar-refractivity contribution >= 4 is 5.97 Å². The van der Waals surface area contributed by atoms with Crippen molar-refractivity contribution in [2.45, 2.75) is 592 Å². The van der Waals surface area contributed by atoms with Crippen molar-refractivity contribution in [3.05, 3.63) is 24.3 Å². The van der Waals surface area contributed by atoms with E-state index in [1.165, 1.54) is 103 Å². The molecule has 1 aromatic rings. The molecule has 0 amide bonds. The average molecular weight is 2150 g/mol. The van der Waals surface area contributed by atoms with E-state index in [1.54, 1.807) is 13.8 Å². The molecule has 10 aliphatic heterocycles. The van der Waals surface area contributed by atoms with Gasteiger partial charge in [0.2, 0.25) is 0 Å². The lowest BCUT2D eigenvalue weighted by molar-refractivity contribution is -0.156. The summed E-state index contributed by atoms with van der Waals surface area (Å²) in [7, 11) is 0. The van der Waals surface area contributed by atoms with Crippen molar-refractivity contribution in [2.75, 3.05) is 177 Å². The lowest BCUT2D eigenvalue weighted by Gasteiger charge is -2.45. The van der Waals surface area contributed by atoms with E-state index in [2.05, 4.69) is 319 Å². The van der Waals surface area contributed by atoms with Gasteiger partial charge in [0, 0.05) is 290 Å². The number of nitrogens with zero attached hydrogens (tertiary/aromatic N) is 18. The van der Waals surface area contributed by atoms with Crippen molar-refractivity contribution in [1.82, 2.24) is 88.4 Å². The molecule has 0 saturated carbocycles. The van der Waals surface area contributed by atoms with E-state index in [1.807, 2.05) is 171 Å². The highest BCUT2D eigenvalue weighted by molar-refractivity contribution is 5.70. The topological polar surface area (TPSA) is 104 Å². The van der Waals surface area contributed by atoms with Crippen molar-refractivity contribution in [1.29, 1.82) is 0 Å². The van der Waals surface area contributed by atoms with Crippen LogP contribution >= 0.6 is 0 Å². The number of alkyl halides is 5. The molecular formula is C125H271F5N18O2. The molecule has 10 fully saturated rings. The first-order chi connectivity index (χ1) is 70.3. The fourth-order valence-electron chi connectivity index (χ4n) is 22.4. The molecule has 10 aliphatic rings. The van der Waals surface area contributed by atoms with Crippen molar-refractivity contribution in [2.24, 2.45) is 23.7 Å². The fourth-order valence-corrected chi connectivity index (χ4v) is 22.4. The van der Waals surface area contributed by atoms with Crippen LogP contribution < -0.4 is 0 Å². The summed E-state index contributed by atoms with van der Waals surface area (Å²) in [4.78, 5) is 59.2. The van der Waals surface area contributed by atoms with Gasteiger partial charge in [-0.1, -0.05) is 166 Å². The first-order valence-corrected chi connectivity index (χ1v) is 62.5. The van der Waals surface area contributed by atoms with Crippen LogP contribution in [0.4, 0.5) is 22.0 Å². The van der Waals surface area contributed by atoms with Gasteiger partial charge in [-0.25, -0.2) is 18.7 Å². The van der Waals surface area contributed by atoms with E-state index in [4.69, 9.17) is 4.74 Å². The molecule has 20 nitrogen and oxygen atoms in total. The Morgan fingerprint density at radius 1 is 0.327 bits per heavy atom. The Morgan fingerprint density at radius 2 is 0.593 bits per heavy atom. The van der Waals surface area contributed by atoms with Crippen molar-refractivity contribution in [3.8, 4) is 0 Å². The van der Waals surface area contributed by atoms with Gasteiger partial charge in [-0.3, -0.25) is 73.4 Å². The molecule has 11 heterocycles. The molecule has 2 unspecified atom stereocenters. The van der Waals surface area contributed by atoms with Gasteiger partial charge in [0.05, 0.1) is 13.1 Å². The fraction of sp³-hybridized carbons (Fsp3) is 0.960. The van der Waals surface area contributed by atoms with Gasteiger partial charge in [-0.2, -0.15) is 13.2 Å². The Morgan fingerprint density at radius 3 is 0.827 bits per heavy atom. The van der Waals surface area contributed by atoms with Gasteiger partial charge >= 0.3 is 12.1 Å². The highest BCUT2D eigenvalue weighted by Gasteiger charge is 2.39. The van der Waals surface area contributed by atoms with Crippen LogP contribution in [0.15, 0.2) is 18.5 Å². The van der Waals surface area contributed by atoms with Gasteiger partial charge in [0.1, 0.15) is 23.8 Å². The molecule has 908 valence electrons. The van der Waals surface area contributed by atoms with Crippen LogP contribution in [0.5, 0.6) is 0 Å². The number of ether oxygens (including phenoxy) is 1. The average Bonchev–Trinajstić information content (AvgIpc) is 1.25. The standard InChI is InChI=1S/C15H26N4.C14H27NO2.2C11H23FN2.C10H19F3N2.2C10H22N2.2C9H19N.C8H17N.9C2H6/c1-12(2)14-10-18(8-9-19(14)13(3)4)11-15-16-6-5-7-17-15;1-10(2)15-9-12(7-11(15)3)8-13(16)17-14(4,5)6;2*1-9(2)14-6-5-13(7-10(3)12)8-11(14)4;1-8(2)15-5-4-14(6-9(15)3)7-10(11,12)13;2*1-5-11-6-7-12(9(2)3)10(4)8-11;2*1-7(2)10-6-8(3)5-9(10)4;1-7(2)9-6-4-5-8(9)3;9*1-2/h5-7,12-14H,8-11H2,1-4H3;10-12H,7-9H2,1-6H3;2*9-11H,5-8H2,1-4H3;8-9H,4-7H2,1-3H3;2*9-10H,5-8H2,1-4H3;2*7-9H,5-6H2,1-4H3;7-8H,4-6H2,1-3H3;9*1-2H3/t14-;11-,12-;2*10?,11-;9-;2*10-;8-,9+;8-,9-;8-;;;;;;;;;/m1010010010........./s1. The van der Waals surface area contributed by atoms with E-state index in [0.717, 1.165) is 151 Å². The van der Waals surface area contributed by atoms with E-state index < -0.39 is 25.1 Å². The second-order valence-corrected chi connectivity index (χ2v) is 46.0. The van der Waals surface area contributed by atoms with Gasteiger partial charge < -0.3 is 14.5 Å². The summed E-state index contributed by atoms with van der Waals surface area (Å²) in [5.41, 5.74) is -0.362. The van der Waals surface area contributed by atoms with Gasteiger partial charge in [-0.15, -0.1) is 0 Å². The number of hydrogen-bond donors (Lipinski definition) is 0. The molecule has 15 atom stereocenters. The van der Waals surface area contributed by atoms with E-state index >= 15 is 0 Å². The summed E-state index contributed by atoms with van der Waals surface area (Å²) < 4.78 is 67.5. The van der Waals surface area contributed by atoms with Gasteiger partial charge in [0.15, 0.2) is 0 Å². The van der Waals surface area contributed by atoms with Crippen LogP contribution in [-0.2, 0) is 16.1 Å². The molecular weight excluding hydrogens is 1880 g/mol. The summed E-state index contributed by atoms with van der Waals surface area (Å²) in [6.45, 7) is 152. The molecule has 0 N–H and O–H groups in total. The maximum atomic E-state index is 12.8. The Labute approximate surface area is 936 Å². The van der Waals surface area contributed by atoms with Crippen LogP contribution in [0.2, 0.25) is 0 Å². The highest BCUT2D eigenvalue weighted by atomic mass is 19.4. The first kappa shape index (κ1) is 163. The number of likely N-dealkylation sites (N-methyl/N-ethyl adjacent to an activating group) is 2. The second-order valence-electron chi connectivity index (χ2n) is 46.0. The minimum atomic E-state index is -4.07. The summed E-state index contributed by atoms with van der Waals surface area (Å²) >= 11 is 0. The largest absolute Gasteiger partial charge is 0.460 e. The number of likely N-dealkylation sites (tertiary alicyclic amines) is 4. The third kappa shape index (κ3) is 73.4. The number of hydrogen-bond acceptors (Lipinski definition) is 20. The van der Waals surface area contributed by atoms with E-state index in [0.29, 0.717) is 111 Å². The lowest BCUT2D eigenvalue weighted by atomic mass is 9.98. The number of piperazine rings is 6. The molecule has 0 aliphatic carbocycles. The second kappa shape index (κ2) is 94.2. The molecule has 1 aromatic heterocycles. The molecule has 25 heteroatoms. The Balaban J connectivity index is -0.000000246. The SMILES string of the molecule is CC.CC.CC.CC.CC.CC.CC.CC.CC.CC(C)N1CCC[C@@H]1C.CC(C)N1CCN(CC(F)(F)F)C[C@@H]1C.CC(C)N1C[C@@H](C)C[C@H]1C.CC(C)N1C[C@H](C)C[C@H]1C.CC(C)N1C[C@H](CC(=O)OC(C)(C)C)C[C@@H]1C.CC(C)[C@H]1CN(Cc2ncccn2)CCN1C(C)C.CC(F)CN1CCN(C(C)C)[C@@H](C)C1.CC(F)CN1CCN(C(C)C)[C@H](C)C1.CCN1CCN(C(C)C)[C@@H](C)C1.CCN1CCN(C(C)C)[C@H](C)C1. The van der Waals surface area contributed by atoms with Crippen LogP contribution in [0.1, 0.15) is 446 Å². The number of rotatable bonds is 22. The summed E-state index contributed by atoms with van der Waals surface area (Å²) in [5.74, 6) is 3.85. The van der Waals surface area contributed by atoms with Crippen molar-refractivity contribution in [3.63, 3.8) is 0 Å². The van der Waals surface area contributed by atoms with Crippen LogP contribution in [0.25, 0.3) is 0 Å². The zero-order valence-electron chi connectivity index (χ0n) is 112. The monoisotopic (exact) mass is 2150 g/mol. The third-order valence-electron chi connectivity index (χ3n) is 28.9. The zero-order valence-corrected chi connectivity index (χ0v) is 112.